The van der Waals surface area contributed by atoms with E-state index < -0.39 is 0 Å². The van der Waals surface area contributed by atoms with Gasteiger partial charge in [0.1, 0.15) is 18.2 Å². The SMILES string of the molecule is O=C(NCc1ncn[nH]1)[C@@H]1Cc2ccccc2N1. The van der Waals surface area contributed by atoms with E-state index in [0.29, 0.717) is 12.4 Å². The quantitative estimate of drug-likeness (QED) is 0.731. The van der Waals surface area contributed by atoms with Crippen LogP contribution in [0.15, 0.2) is 30.6 Å². The van der Waals surface area contributed by atoms with Crippen LogP contribution in [0.4, 0.5) is 5.69 Å². The highest BCUT2D eigenvalue weighted by Crippen LogP contribution is 2.24. The largest absolute Gasteiger partial charge is 0.373 e. The molecule has 18 heavy (non-hydrogen) atoms. The van der Waals surface area contributed by atoms with E-state index in [4.69, 9.17) is 0 Å². The number of hydrogen-bond donors (Lipinski definition) is 3. The van der Waals surface area contributed by atoms with Crippen molar-refractivity contribution in [2.24, 2.45) is 0 Å². The van der Waals surface area contributed by atoms with Crippen molar-refractivity contribution in [3.63, 3.8) is 0 Å². The summed E-state index contributed by atoms with van der Waals surface area (Å²) in [6.45, 7) is 0.368. The second kappa shape index (κ2) is 4.48. The molecular weight excluding hydrogens is 230 g/mol. The van der Waals surface area contributed by atoms with Crippen molar-refractivity contribution in [1.82, 2.24) is 20.5 Å². The first kappa shape index (κ1) is 10.8. The molecule has 0 aliphatic carbocycles. The molecular formula is C12H13N5O. The number of carbonyl (C=O) groups excluding carboxylic acids is 1. The second-order valence-electron chi connectivity index (χ2n) is 4.21. The van der Waals surface area contributed by atoms with Gasteiger partial charge in [-0.15, -0.1) is 0 Å². The van der Waals surface area contributed by atoms with Gasteiger partial charge in [0.15, 0.2) is 0 Å². The minimum Gasteiger partial charge on any atom is -0.373 e. The molecule has 0 radical (unpaired) electrons. The summed E-state index contributed by atoms with van der Waals surface area (Å²) in [5.74, 6) is 0.626. The first-order chi connectivity index (χ1) is 8.83. The minimum absolute atomic E-state index is 0.0254. The lowest BCUT2D eigenvalue weighted by Gasteiger charge is -2.10. The van der Waals surface area contributed by atoms with Crippen LogP contribution < -0.4 is 10.6 Å². The normalized spacial score (nSPS) is 17.0. The number of H-pyrrole nitrogens is 1. The lowest BCUT2D eigenvalue weighted by Crippen LogP contribution is -2.38. The number of rotatable bonds is 3. The van der Waals surface area contributed by atoms with Crippen LogP contribution in [0.1, 0.15) is 11.4 Å². The zero-order chi connectivity index (χ0) is 12.4. The van der Waals surface area contributed by atoms with E-state index in [1.54, 1.807) is 0 Å². The summed E-state index contributed by atoms with van der Waals surface area (Å²) in [6, 6.07) is 7.76. The molecule has 2 aromatic rings. The van der Waals surface area contributed by atoms with Crippen LogP contribution in [0.3, 0.4) is 0 Å². The number of para-hydroxylation sites is 1. The third-order valence-corrected chi connectivity index (χ3v) is 2.98. The zero-order valence-electron chi connectivity index (χ0n) is 9.68. The predicted octanol–water partition coefficient (Wildman–Crippen LogP) is 0.458. The van der Waals surface area contributed by atoms with Crippen molar-refractivity contribution in [3.05, 3.63) is 42.0 Å². The number of nitrogens with one attached hydrogen (secondary N) is 3. The maximum Gasteiger partial charge on any atom is 0.243 e. The van der Waals surface area contributed by atoms with E-state index in [0.717, 1.165) is 12.1 Å². The van der Waals surface area contributed by atoms with Crippen LogP contribution in [-0.4, -0.2) is 27.1 Å². The van der Waals surface area contributed by atoms with Gasteiger partial charge in [-0.2, -0.15) is 5.10 Å². The fourth-order valence-corrected chi connectivity index (χ4v) is 2.07. The topological polar surface area (TPSA) is 82.7 Å². The Morgan fingerprint density at radius 3 is 3.11 bits per heavy atom. The molecule has 1 aromatic heterocycles. The first-order valence-electron chi connectivity index (χ1n) is 5.79. The van der Waals surface area contributed by atoms with Crippen molar-refractivity contribution in [3.8, 4) is 0 Å². The molecule has 1 amide bonds. The van der Waals surface area contributed by atoms with Crippen LogP contribution in [-0.2, 0) is 17.8 Å². The molecule has 0 unspecified atom stereocenters. The van der Waals surface area contributed by atoms with Crippen molar-refractivity contribution >= 4 is 11.6 Å². The lowest BCUT2D eigenvalue weighted by atomic mass is 10.1. The third-order valence-electron chi connectivity index (χ3n) is 2.98. The molecule has 6 nitrogen and oxygen atoms in total. The Morgan fingerprint density at radius 1 is 1.44 bits per heavy atom. The fourth-order valence-electron chi connectivity index (χ4n) is 2.07. The number of aromatic nitrogens is 3. The summed E-state index contributed by atoms with van der Waals surface area (Å²) in [5.41, 5.74) is 2.22. The van der Waals surface area contributed by atoms with Gasteiger partial charge in [-0.1, -0.05) is 18.2 Å². The average Bonchev–Trinajstić information content (AvgIpc) is 3.04. The van der Waals surface area contributed by atoms with Gasteiger partial charge >= 0.3 is 0 Å². The van der Waals surface area contributed by atoms with Crippen molar-refractivity contribution < 1.29 is 4.79 Å². The number of aromatic amines is 1. The summed E-state index contributed by atoms with van der Waals surface area (Å²) in [7, 11) is 0. The summed E-state index contributed by atoms with van der Waals surface area (Å²) in [5, 5.41) is 12.5. The summed E-state index contributed by atoms with van der Waals surface area (Å²) in [6.07, 6.45) is 2.14. The average molecular weight is 243 g/mol. The maximum atomic E-state index is 12.0. The second-order valence-corrected chi connectivity index (χ2v) is 4.21. The van der Waals surface area contributed by atoms with E-state index in [-0.39, 0.29) is 11.9 Å². The monoisotopic (exact) mass is 243 g/mol. The number of nitrogens with zero attached hydrogens (tertiary/aromatic N) is 2. The van der Waals surface area contributed by atoms with Crippen LogP contribution in [0.2, 0.25) is 0 Å². The van der Waals surface area contributed by atoms with Gasteiger partial charge < -0.3 is 10.6 Å². The zero-order valence-corrected chi connectivity index (χ0v) is 9.68. The summed E-state index contributed by atoms with van der Waals surface area (Å²) in [4.78, 5) is 15.9. The Bertz CT molecular complexity index is 526. The summed E-state index contributed by atoms with van der Waals surface area (Å²) >= 11 is 0. The highest BCUT2D eigenvalue weighted by Gasteiger charge is 2.25. The van der Waals surface area contributed by atoms with Crippen molar-refractivity contribution in [2.45, 2.75) is 19.0 Å². The van der Waals surface area contributed by atoms with E-state index in [2.05, 4.69) is 25.8 Å². The van der Waals surface area contributed by atoms with Gasteiger partial charge in [0.2, 0.25) is 5.91 Å². The lowest BCUT2D eigenvalue weighted by molar-refractivity contribution is -0.121. The van der Waals surface area contributed by atoms with Crippen molar-refractivity contribution in [1.29, 1.82) is 0 Å². The van der Waals surface area contributed by atoms with Gasteiger partial charge in [-0.3, -0.25) is 9.89 Å². The molecule has 2 heterocycles. The standard InChI is InChI=1S/C12H13N5O/c18-12(13-6-11-14-7-15-17-11)10-5-8-3-1-2-4-9(8)16-10/h1-4,7,10,16H,5-6H2,(H,13,18)(H,14,15,17)/t10-/m0/s1. The summed E-state index contributed by atoms with van der Waals surface area (Å²) < 4.78 is 0. The molecule has 3 rings (SSSR count). The number of benzene rings is 1. The number of carbonyl (C=O) groups is 1. The van der Waals surface area contributed by atoms with Crippen LogP contribution in [0.25, 0.3) is 0 Å². The number of hydrogen-bond acceptors (Lipinski definition) is 4. The molecule has 1 aliphatic heterocycles. The third kappa shape index (κ3) is 2.04. The van der Waals surface area contributed by atoms with Crippen LogP contribution in [0, 0.1) is 0 Å². The highest BCUT2D eigenvalue weighted by molar-refractivity contribution is 5.87. The number of fused-ring (bicyclic) bond motifs is 1. The molecule has 0 saturated carbocycles. The first-order valence-corrected chi connectivity index (χ1v) is 5.79. The van der Waals surface area contributed by atoms with Crippen LogP contribution >= 0.6 is 0 Å². The van der Waals surface area contributed by atoms with E-state index >= 15 is 0 Å². The van der Waals surface area contributed by atoms with Crippen molar-refractivity contribution in [2.75, 3.05) is 5.32 Å². The molecule has 0 saturated heterocycles. The maximum absolute atomic E-state index is 12.0. The molecule has 0 fully saturated rings. The molecule has 92 valence electrons. The van der Waals surface area contributed by atoms with E-state index in [1.807, 2.05) is 24.3 Å². The van der Waals surface area contributed by atoms with Gasteiger partial charge in [0.25, 0.3) is 0 Å². The molecule has 6 heteroatoms. The molecule has 1 aromatic carbocycles. The Labute approximate surface area is 104 Å². The van der Waals surface area contributed by atoms with Gasteiger partial charge in [-0.05, 0) is 11.6 Å². The molecule has 1 atom stereocenters. The number of anilines is 1. The highest BCUT2D eigenvalue weighted by atomic mass is 16.2. The van der Waals surface area contributed by atoms with Crippen LogP contribution in [0.5, 0.6) is 0 Å². The smallest absolute Gasteiger partial charge is 0.243 e. The molecule has 3 N–H and O–H groups in total. The van der Waals surface area contributed by atoms with Gasteiger partial charge in [0.05, 0.1) is 6.54 Å². The Hall–Kier alpha value is -2.37. The Morgan fingerprint density at radius 2 is 2.33 bits per heavy atom. The Balaban J connectivity index is 1.59. The van der Waals surface area contributed by atoms with Gasteiger partial charge in [-0.25, -0.2) is 4.98 Å². The van der Waals surface area contributed by atoms with E-state index in [9.17, 15) is 4.79 Å². The minimum atomic E-state index is -0.203. The predicted molar refractivity (Wildman–Crippen MR) is 65.8 cm³/mol. The fraction of sp³-hybridized carbons (Fsp3) is 0.250. The number of amides is 1. The van der Waals surface area contributed by atoms with Gasteiger partial charge in [0, 0.05) is 12.1 Å². The van der Waals surface area contributed by atoms with E-state index in [1.165, 1.54) is 11.9 Å². The molecule has 0 spiro atoms. The Kier molecular flexibility index (Phi) is 2.68. The molecule has 0 bridgehead atoms. The molecule has 1 aliphatic rings.